The number of amides is 1. The topological polar surface area (TPSA) is 94.6 Å². The smallest absolute Gasteiger partial charge is 0.337 e. The molecule has 1 aliphatic rings. The highest BCUT2D eigenvalue weighted by Crippen LogP contribution is 2.19. The average molecular weight is 299 g/mol. The number of anilines is 1. The van der Waals surface area contributed by atoms with Gasteiger partial charge in [-0.25, -0.2) is 9.78 Å². The molecule has 108 valence electrons. The van der Waals surface area contributed by atoms with Gasteiger partial charge in [-0.15, -0.1) is 0 Å². The lowest BCUT2D eigenvalue weighted by molar-refractivity contribution is -0.129. The van der Waals surface area contributed by atoms with Crippen LogP contribution >= 0.6 is 11.6 Å². The normalized spacial score (nSPS) is 14.9. The van der Waals surface area contributed by atoms with E-state index in [-0.39, 0.29) is 23.0 Å². The van der Waals surface area contributed by atoms with Crippen LogP contribution in [0.5, 0.6) is 0 Å². The van der Waals surface area contributed by atoms with Crippen molar-refractivity contribution in [3.8, 4) is 0 Å². The number of nitrogens with one attached hydrogen (secondary N) is 2. The number of hydrogen-bond donors (Lipinski definition) is 3. The van der Waals surface area contributed by atoms with E-state index in [2.05, 4.69) is 15.6 Å². The average Bonchev–Trinajstić information content (AvgIpc) is 2.46. The van der Waals surface area contributed by atoms with E-state index in [1.165, 1.54) is 12.3 Å². The monoisotopic (exact) mass is 298 g/mol. The van der Waals surface area contributed by atoms with Gasteiger partial charge in [0, 0.05) is 32.4 Å². The number of hydrogen-bond acceptors (Lipinski definition) is 5. The Labute approximate surface area is 120 Å². The number of rotatable bonds is 4. The third kappa shape index (κ3) is 3.58. The molecule has 0 radical (unpaired) electrons. The number of carbonyl (C=O) groups excluding carboxylic acids is 1. The highest BCUT2D eigenvalue weighted by molar-refractivity contribution is 6.33. The van der Waals surface area contributed by atoms with Crippen molar-refractivity contribution in [1.29, 1.82) is 0 Å². The molecule has 2 heterocycles. The number of carbonyl (C=O) groups is 2. The standard InChI is InChI=1S/C12H15ClN4O3/c13-9-5-8(12(19)20)6-15-11(9)16-7-10(18)17-3-1-14-2-4-17/h5-6,14H,1-4,7H2,(H,15,16)(H,19,20). The molecule has 7 nitrogen and oxygen atoms in total. The molecule has 1 amide bonds. The summed E-state index contributed by atoms with van der Waals surface area (Å²) in [4.78, 5) is 28.3. The summed E-state index contributed by atoms with van der Waals surface area (Å²) < 4.78 is 0. The molecule has 2 rings (SSSR count). The largest absolute Gasteiger partial charge is 0.478 e. The van der Waals surface area contributed by atoms with Gasteiger partial charge in [-0.3, -0.25) is 4.79 Å². The summed E-state index contributed by atoms with van der Waals surface area (Å²) in [6.45, 7) is 3.02. The second-order valence-electron chi connectivity index (χ2n) is 4.34. The molecule has 1 aromatic heterocycles. The van der Waals surface area contributed by atoms with Crippen LogP contribution in [-0.4, -0.2) is 59.6 Å². The zero-order chi connectivity index (χ0) is 14.5. The number of carboxylic acid groups (broad SMARTS) is 1. The van der Waals surface area contributed by atoms with Crippen LogP contribution in [0.3, 0.4) is 0 Å². The molecule has 0 bridgehead atoms. The van der Waals surface area contributed by atoms with Crippen molar-refractivity contribution in [2.75, 3.05) is 38.0 Å². The molecule has 0 atom stereocenters. The summed E-state index contributed by atoms with van der Waals surface area (Å²) in [6.07, 6.45) is 1.20. The van der Waals surface area contributed by atoms with Gasteiger partial charge in [-0.05, 0) is 6.07 Å². The van der Waals surface area contributed by atoms with E-state index in [9.17, 15) is 9.59 Å². The number of carboxylic acids is 1. The van der Waals surface area contributed by atoms with Crippen LogP contribution in [0.25, 0.3) is 0 Å². The van der Waals surface area contributed by atoms with Gasteiger partial charge < -0.3 is 20.6 Å². The van der Waals surface area contributed by atoms with Crippen molar-refractivity contribution in [3.05, 3.63) is 22.8 Å². The van der Waals surface area contributed by atoms with Crippen LogP contribution in [0.2, 0.25) is 5.02 Å². The summed E-state index contributed by atoms with van der Waals surface area (Å²) in [7, 11) is 0. The SMILES string of the molecule is O=C(O)c1cnc(NCC(=O)N2CCNCC2)c(Cl)c1. The molecule has 8 heteroatoms. The first-order valence-electron chi connectivity index (χ1n) is 6.19. The van der Waals surface area contributed by atoms with Gasteiger partial charge in [-0.2, -0.15) is 0 Å². The Morgan fingerprint density at radius 3 is 2.75 bits per heavy atom. The number of piperazine rings is 1. The van der Waals surface area contributed by atoms with E-state index in [1.807, 2.05) is 0 Å². The Hall–Kier alpha value is -1.86. The maximum atomic E-state index is 11.9. The zero-order valence-electron chi connectivity index (χ0n) is 10.7. The minimum absolute atomic E-state index is 0.00832. The summed E-state index contributed by atoms with van der Waals surface area (Å²) >= 11 is 5.92. The van der Waals surface area contributed by atoms with Crippen LogP contribution in [0.15, 0.2) is 12.3 Å². The lowest BCUT2D eigenvalue weighted by Crippen LogP contribution is -2.48. The van der Waals surface area contributed by atoms with Crippen molar-refractivity contribution in [2.24, 2.45) is 0 Å². The Kier molecular flexibility index (Phi) is 4.75. The van der Waals surface area contributed by atoms with Crippen molar-refractivity contribution in [1.82, 2.24) is 15.2 Å². The number of aromatic carboxylic acids is 1. The van der Waals surface area contributed by atoms with E-state index in [1.54, 1.807) is 4.90 Å². The van der Waals surface area contributed by atoms with E-state index >= 15 is 0 Å². The number of aromatic nitrogens is 1. The third-order valence-corrected chi connectivity index (χ3v) is 3.25. The van der Waals surface area contributed by atoms with Crippen LogP contribution < -0.4 is 10.6 Å². The predicted molar refractivity (Wildman–Crippen MR) is 74.1 cm³/mol. The Bertz CT molecular complexity index is 517. The van der Waals surface area contributed by atoms with Crippen LogP contribution in [0.4, 0.5) is 5.82 Å². The number of nitrogens with zero attached hydrogens (tertiary/aromatic N) is 2. The lowest BCUT2D eigenvalue weighted by atomic mass is 10.3. The summed E-state index contributed by atoms with van der Waals surface area (Å²) in [5, 5.41) is 15.0. The van der Waals surface area contributed by atoms with Crippen molar-refractivity contribution < 1.29 is 14.7 Å². The molecular formula is C12H15ClN4O3. The second-order valence-corrected chi connectivity index (χ2v) is 4.75. The molecule has 0 unspecified atom stereocenters. The van der Waals surface area contributed by atoms with Crippen molar-refractivity contribution in [3.63, 3.8) is 0 Å². The maximum absolute atomic E-state index is 11.9. The van der Waals surface area contributed by atoms with Crippen LogP contribution in [0, 0.1) is 0 Å². The highest BCUT2D eigenvalue weighted by atomic mass is 35.5. The summed E-state index contributed by atoms with van der Waals surface area (Å²) in [5.41, 5.74) is 0.00832. The van der Waals surface area contributed by atoms with E-state index in [0.717, 1.165) is 13.1 Å². The van der Waals surface area contributed by atoms with E-state index in [0.29, 0.717) is 18.9 Å². The van der Waals surface area contributed by atoms with Crippen LogP contribution in [-0.2, 0) is 4.79 Å². The fraction of sp³-hybridized carbons (Fsp3) is 0.417. The van der Waals surface area contributed by atoms with Gasteiger partial charge in [0.05, 0.1) is 17.1 Å². The molecule has 1 saturated heterocycles. The first-order valence-corrected chi connectivity index (χ1v) is 6.57. The Morgan fingerprint density at radius 2 is 2.15 bits per heavy atom. The minimum Gasteiger partial charge on any atom is -0.478 e. The summed E-state index contributed by atoms with van der Waals surface area (Å²) in [5.74, 6) is -0.824. The predicted octanol–water partition coefficient (Wildman–Crippen LogP) is 0.277. The van der Waals surface area contributed by atoms with Gasteiger partial charge in [-0.1, -0.05) is 11.6 Å². The highest BCUT2D eigenvalue weighted by Gasteiger charge is 2.16. The molecule has 0 aliphatic carbocycles. The second kappa shape index (κ2) is 6.53. The van der Waals surface area contributed by atoms with Crippen molar-refractivity contribution in [2.45, 2.75) is 0 Å². The van der Waals surface area contributed by atoms with Gasteiger partial charge in [0.1, 0.15) is 5.82 Å². The fourth-order valence-corrected chi connectivity index (χ4v) is 2.10. The molecule has 1 aromatic rings. The maximum Gasteiger partial charge on any atom is 0.337 e. The summed E-state index contributed by atoms with van der Waals surface area (Å²) in [6, 6.07) is 1.30. The quantitative estimate of drug-likeness (QED) is 0.739. The molecule has 0 spiro atoms. The molecule has 1 aliphatic heterocycles. The van der Waals surface area contributed by atoms with Gasteiger partial charge in [0.2, 0.25) is 5.91 Å². The zero-order valence-corrected chi connectivity index (χ0v) is 11.5. The van der Waals surface area contributed by atoms with E-state index in [4.69, 9.17) is 16.7 Å². The Balaban J connectivity index is 1.93. The lowest BCUT2D eigenvalue weighted by Gasteiger charge is -2.27. The third-order valence-electron chi connectivity index (χ3n) is 2.96. The molecule has 3 N–H and O–H groups in total. The fourth-order valence-electron chi connectivity index (χ4n) is 1.87. The molecule has 0 aromatic carbocycles. The first kappa shape index (κ1) is 14.5. The van der Waals surface area contributed by atoms with Gasteiger partial charge >= 0.3 is 5.97 Å². The van der Waals surface area contributed by atoms with Crippen molar-refractivity contribution >= 4 is 29.3 Å². The van der Waals surface area contributed by atoms with Gasteiger partial charge in [0.15, 0.2) is 0 Å². The van der Waals surface area contributed by atoms with Gasteiger partial charge in [0.25, 0.3) is 0 Å². The molecular weight excluding hydrogens is 284 g/mol. The molecule has 0 saturated carbocycles. The minimum atomic E-state index is -1.09. The van der Waals surface area contributed by atoms with E-state index < -0.39 is 5.97 Å². The number of pyridine rings is 1. The molecule has 1 fully saturated rings. The number of halogens is 1. The first-order chi connectivity index (χ1) is 9.58. The Morgan fingerprint density at radius 1 is 1.45 bits per heavy atom. The molecule has 20 heavy (non-hydrogen) atoms. The van der Waals surface area contributed by atoms with Crippen LogP contribution in [0.1, 0.15) is 10.4 Å².